The van der Waals surface area contributed by atoms with Gasteiger partial charge in [-0.2, -0.15) is 5.10 Å². The minimum absolute atomic E-state index is 0.384. The van der Waals surface area contributed by atoms with Crippen LogP contribution in [0.2, 0.25) is 0 Å². The van der Waals surface area contributed by atoms with Crippen molar-refractivity contribution in [3.8, 4) is 0 Å². The number of hydrogen-bond donors (Lipinski definition) is 2. The molecule has 0 aliphatic rings. The Morgan fingerprint density at radius 2 is 2.24 bits per heavy atom. The van der Waals surface area contributed by atoms with Gasteiger partial charge in [-0.25, -0.2) is 4.79 Å². The minimum atomic E-state index is -1.01. The SMILES string of the molecule is CCC[C@H](NC(=O)c1cnn(CC)c1)C(=O)O. The maximum atomic E-state index is 11.7. The van der Waals surface area contributed by atoms with Crippen LogP contribution in [-0.2, 0) is 11.3 Å². The van der Waals surface area contributed by atoms with Crippen molar-refractivity contribution in [1.29, 1.82) is 0 Å². The Balaban J connectivity index is 2.66. The van der Waals surface area contributed by atoms with Crippen molar-refractivity contribution in [2.75, 3.05) is 0 Å². The molecule has 1 rings (SSSR count). The van der Waals surface area contributed by atoms with E-state index in [-0.39, 0.29) is 0 Å². The molecule has 0 spiro atoms. The van der Waals surface area contributed by atoms with Crippen molar-refractivity contribution in [3.63, 3.8) is 0 Å². The van der Waals surface area contributed by atoms with Crippen LogP contribution in [-0.4, -0.2) is 32.8 Å². The highest BCUT2D eigenvalue weighted by atomic mass is 16.4. The van der Waals surface area contributed by atoms with Gasteiger partial charge in [0.15, 0.2) is 0 Å². The number of rotatable bonds is 6. The van der Waals surface area contributed by atoms with Gasteiger partial charge >= 0.3 is 5.97 Å². The van der Waals surface area contributed by atoms with Gasteiger partial charge in [0.2, 0.25) is 0 Å². The third kappa shape index (κ3) is 3.58. The summed E-state index contributed by atoms with van der Waals surface area (Å²) in [5, 5.41) is 15.4. The molecule has 1 atom stereocenters. The van der Waals surface area contributed by atoms with Crippen molar-refractivity contribution < 1.29 is 14.7 Å². The zero-order valence-corrected chi connectivity index (χ0v) is 10.0. The van der Waals surface area contributed by atoms with Crippen molar-refractivity contribution >= 4 is 11.9 Å². The molecule has 0 aliphatic heterocycles. The lowest BCUT2D eigenvalue weighted by Crippen LogP contribution is -2.40. The molecule has 6 nitrogen and oxygen atoms in total. The molecule has 0 fully saturated rings. The molecule has 94 valence electrons. The third-order valence-electron chi connectivity index (χ3n) is 2.40. The number of aryl methyl sites for hydroxylation is 1. The standard InChI is InChI=1S/C11H17N3O3/c1-3-5-9(11(16)17)13-10(15)8-6-12-14(4-2)7-8/h6-7,9H,3-5H2,1-2H3,(H,13,15)(H,16,17)/t9-/m0/s1. The van der Waals surface area contributed by atoms with Crippen molar-refractivity contribution in [1.82, 2.24) is 15.1 Å². The Morgan fingerprint density at radius 3 is 2.71 bits per heavy atom. The molecule has 0 aromatic carbocycles. The van der Waals surface area contributed by atoms with E-state index in [1.54, 1.807) is 10.9 Å². The van der Waals surface area contributed by atoms with Gasteiger partial charge in [0.25, 0.3) is 5.91 Å². The van der Waals surface area contributed by atoms with Crippen LogP contribution >= 0.6 is 0 Å². The minimum Gasteiger partial charge on any atom is -0.480 e. The first-order valence-electron chi connectivity index (χ1n) is 5.64. The first kappa shape index (κ1) is 13.2. The van der Waals surface area contributed by atoms with E-state index in [1.807, 2.05) is 13.8 Å². The Hall–Kier alpha value is -1.85. The Morgan fingerprint density at radius 1 is 1.53 bits per heavy atom. The van der Waals surface area contributed by atoms with Crippen molar-refractivity contribution in [2.24, 2.45) is 0 Å². The third-order valence-corrected chi connectivity index (χ3v) is 2.40. The first-order valence-corrected chi connectivity index (χ1v) is 5.64. The summed E-state index contributed by atoms with van der Waals surface area (Å²) >= 11 is 0. The molecule has 17 heavy (non-hydrogen) atoms. The van der Waals surface area contributed by atoms with E-state index in [2.05, 4.69) is 10.4 Å². The summed E-state index contributed by atoms with van der Waals surface area (Å²) in [5.41, 5.74) is 0.384. The summed E-state index contributed by atoms with van der Waals surface area (Å²) in [4.78, 5) is 22.6. The average molecular weight is 239 g/mol. The number of nitrogens with one attached hydrogen (secondary N) is 1. The fraction of sp³-hybridized carbons (Fsp3) is 0.545. The van der Waals surface area contributed by atoms with Gasteiger partial charge in [-0.1, -0.05) is 13.3 Å². The summed E-state index contributed by atoms with van der Waals surface area (Å²) in [6.45, 7) is 4.45. The zero-order valence-electron chi connectivity index (χ0n) is 10.0. The van der Waals surface area contributed by atoms with Crippen LogP contribution in [0.3, 0.4) is 0 Å². The molecular formula is C11H17N3O3. The van der Waals surface area contributed by atoms with E-state index in [1.165, 1.54) is 6.20 Å². The van der Waals surface area contributed by atoms with Gasteiger partial charge in [-0.3, -0.25) is 9.48 Å². The van der Waals surface area contributed by atoms with Gasteiger partial charge < -0.3 is 10.4 Å². The topological polar surface area (TPSA) is 84.2 Å². The Bertz CT molecular complexity index is 400. The molecule has 0 saturated carbocycles. The number of aromatic nitrogens is 2. The quantitative estimate of drug-likeness (QED) is 0.772. The summed E-state index contributed by atoms with van der Waals surface area (Å²) in [5.74, 6) is -1.41. The first-order chi connectivity index (χ1) is 8.08. The monoisotopic (exact) mass is 239 g/mol. The second kappa shape index (κ2) is 6.03. The number of amides is 1. The van der Waals surface area contributed by atoms with Crippen LogP contribution in [0.5, 0.6) is 0 Å². The van der Waals surface area contributed by atoms with Crippen LogP contribution in [0.1, 0.15) is 37.0 Å². The highest BCUT2D eigenvalue weighted by molar-refractivity contribution is 5.96. The molecule has 0 saturated heterocycles. The average Bonchev–Trinajstić information content (AvgIpc) is 2.76. The maximum Gasteiger partial charge on any atom is 0.326 e. The van der Waals surface area contributed by atoms with E-state index in [0.717, 1.165) is 0 Å². The molecule has 0 radical (unpaired) electrons. The van der Waals surface area contributed by atoms with E-state index in [0.29, 0.717) is 24.9 Å². The number of nitrogens with zero attached hydrogens (tertiary/aromatic N) is 2. The molecule has 6 heteroatoms. The van der Waals surface area contributed by atoms with Gasteiger partial charge in [-0.05, 0) is 13.3 Å². The number of carbonyl (C=O) groups excluding carboxylic acids is 1. The van der Waals surface area contributed by atoms with Crippen LogP contribution in [0, 0.1) is 0 Å². The molecule has 0 aliphatic carbocycles. The van der Waals surface area contributed by atoms with Crippen LogP contribution < -0.4 is 5.32 Å². The van der Waals surface area contributed by atoms with Gasteiger partial charge in [0, 0.05) is 12.7 Å². The van der Waals surface area contributed by atoms with Crippen molar-refractivity contribution in [2.45, 2.75) is 39.3 Å². The number of carboxylic acids is 1. The summed E-state index contributed by atoms with van der Waals surface area (Å²) in [6, 6.07) is -0.836. The molecule has 2 N–H and O–H groups in total. The smallest absolute Gasteiger partial charge is 0.326 e. The lowest BCUT2D eigenvalue weighted by Gasteiger charge is -2.12. The van der Waals surface area contributed by atoms with E-state index >= 15 is 0 Å². The van der Waals surface area contributed by atoms with Crippen molar-refractivity contribution in [3.05, 3.63) is 18.0 Å². The van der Waals surface area contributed by atoms with Gasteiger partial charge in [0.05, 0.1) is 11.8 Å². The zero-order chi connectivity index (χ0) is 12.8. The maximum absolute atomic E-state index is 11.7. The molecular weight excluding hydrogens is 222 g/mol. The van der Waals surface area contributed by atoms with E-state index < -0.39 is 17.9 Å². The summed E-state index contributed by atoms with van der Waals surface area (Å²) in [7, 11) is 0. The van der Waals surface area contributed by atoms with E-state index in [4.69, 9.17) is 5.11 Å². The second-order valence-electron chi connectivity index (χ2n) is 3.74. The lowest BCUT2D eigenvalue weighted by atomic mass is 10.1. The predicted octanol–water partition coefficient (Wildman–Crippen LogP) is 0.886. The molecule has 0 bridgehead atoms. The van der Waals surface area contributed by atoms with Crippen LogP contribution in [0.15, 0.2) is 12.4 Å². The largest absolute Gasteiger partial charge is 0.480 e. The van der Waals surface area contributed by atoms with Gasteiger partial charge in [0.1, 0.15) is 6.04 Å². The molecule has 0 unspecified atom stereocenters. The predicted molar refractivity (Wildman–Crippen MR) is 61.7 cm³/mol. The van der Waals surface area contributed by atoms with Crippen LogP contribution in [0.25, 0.3) is 0 Å². The van der Waals surface area contributed by atoms with Gasteiger partial charge in [-0.15, -0.1) is 0 Å². The molecule has 1 aromatic rings. The normalized spacial score (nSPS) is 12.1. The number of carbonyl (C=O) groups is 2. The highest BCUT2D eigenvalue weighted by Gasteiger charge is 2.20. The number of carboxylic acid groups (broad SMARTS) is 1. The number of aliphatic carboxylic acids is 1. The Kier molecular flexibility index (Phi) is 4.68. The fourth-order valence-corrected chi connectivity index (χ4v) is 1.44. The molecule has 1 aromatic heterocycles. The Labute approximate surface area is 99.6 Å². The highest BCUT2D eigenvalue weighted by Crippen LogP contribution is 2.02. The summed E-state index contributed by atoms with van der Waals surface area (Å²) in [6.07, 6.45) is 4.15. The molecule has 1 amide bonds. The fourth-order valence-electron chi connectivity index (χ4n) is 1.44. The van der Waals surface area contributed by atoms with E-state index in [9.17, 15) is 9.59 Å². The number of hydrogen-bond acceptors (Lipinski definition) is 3. The second-order valence-corrected chi connectivity index (χ2v) is 3.74. The van der Waals surface area contributed by atoms with Crippen LogP contribution in [0.4, 0.5) is 0 Å². The summed E-state index contributed by atoms with van der Waals surface area (Å²) < 4.78 is 1.62. The lowest BCUT2D eigenvalue weighted by molar-refractivity contribution is -0.139. The molecule has 1 heterocycles.